The average molecular weight is 272 g/mol. The molecule has 1 rings (SSSR count). The van der Waals surface area contributed by atoms with E-state index in [9.17, 15) is 5.11 Å². The molecule has 84 valence electrons. The van der Waals surface area contributed by atoms with Gasteiger partial charge in [0, 0.05) is 23.5 Å². The lowest BCUT2D eigenvalue weighted by Gasteiger charge is -2.29. The molecule has 1 aromatic rings. The molecule has 1 aromatic heterocycles. The standard InChI is InChI=1S/C12H18BrNO/c1-3-12(4-2,9-15)6-10-5-11(13)8-14-7-10/h5,7-8,15H,3-4,6,9H2,1-2H3. The fourth-order valence-corrected chi connectivity index (χ4v) is 2.18. The van der Waals surface area contributed by atoms with Crippen molar-refractivity contribution in [2.75, 3.05) is 6.61 Å². The highest BCUT2D eigenvalue weighted by Crippen LogP contribution is 2.30. The molecule has 0 spiro atoms. The Balaban J connectivity index is 2.82. The van der Waals surface area contributed by atoms with Crippen LogP contribution in [0.2, 0.25) is 0 Å². The summed E-state index contributed by atoms with van der Waals surface area (Å²) in [5, 5.41) is 9.48. The third kappa shape index (κ3) is 3.28. The predicted molar refractivity (Wildman–Crippen MR) is 65.7 cm³/mol. The zero-order valence-electron chi connectivity index (χ0n) is 9.33. The first-order chi connectivity index (χ1) is 7.15. The summed E-state index contributed by atoms with van der Waals surface area (Å²) in [5.41, 5.74) is 1.20. The molecule has 0 bridgehead atoms. The third-order valence-electron chi connectivity index (χ3n) is 3.18. The molecule has 0 radical (unpaired) electrons. The zero-order chi connectivity index (χ0) is 11.3. The Bertz CT molecular complexity index is 302. The SMILES string of the molecule is CCC(CC)(CO)Cc1cncc(Br)c1. The molecule has 0 unspecified atom stereocenters. The van der Waals surface area contributed by atoms with Crippen LogP contribution < -0.4 is 0 Å². The van der Waals surface area contributed by atoms with Gasteiger partial charge in [0.1, 0.15) is 0 Å². The van der Waals surface area contributed by atoms with Crippen molar-refractivity contribution in [2.24, 2.45) is 5.41 Å². The summed E-state index contributed by atoms with van der Waals surface area (Å²) in [7, 11) is 0. The number of rotatable bonds is 5. The van der Waals surface area contributed by atoms with Crippen LogP contribution in [0.25, 0.3) is 0 Å². The lowest BCUT2D eigenvalue weighted by Crippen LogP contribution is -2.26. The summed E-state index contributed by atoms with van der Waals surface area (Å²) in [5.74, 6) is 0. The molecule has 0 aliphatic rings. The van der Waals surface area contributed by atoms with Gasteiger partial charge in [-0.05, 0) is 52.2 Å². The van der Waals surface area contributed by atoms with Crippen molar-refractivity contribution in [3.63, 3.8) is 0 Å². The van der Waals surface area contributed by atoms with Crippen molar-refractivity contribution in [2.45, 2.75) is 33.1 Å². The molecule has 1 heterocycles. The van der Waals surface area contributed by atoms with E-state index < -0.39 is 0 Å². The summed E-state index contributed by atoms with van der Waals surface area (Å²) in [6.07, 6.45) is 6.53. The van der Waals surface area contributed by atoms with Gasteiger partial charge in [-0.3, -0.25) is 4.98 Å². The minimum atomic E-state index is 0.0163. The number of hydrogen-bond donors (Lipinski definition) is 1. The van der Waals surface area contributed by atoms with Crippen LogP contribution >= 0.6 is 15.9 Å². The highest BCUT2D eigenvalue weighted by atomic mass is 79.9. The second kappa shape index (κ2) is 5.61. The van der Waals surface area contributed by atoms with Crippen LogP contribution in [0.4, 0.5) is 0 Å². The van der Waals surface area contributed by atoms with E-state index in [1.54, 1.807) is 6.20 Å². The van der Waals surface area contributed by atoms with Gasteiger partial charge in [0.2, 0.25) is 0 Å². The summed E-state index contributed by atoms with van der Waals surface area (Å²) in [6, 6.07) is 2.07. The second-order valence-corrected chi connectivity index (χ2v) is 4.97. The molecule has 1 N–H and O–H groups in total. The Morgan fingerprint density at radius 2 is 2.00 bits per heavy atom. The smallest absolute Gasteiger partial charge is 0.0490 e. The van der Waals surface area contributed by atoms with E-state index in [1.807, 2.05) is 6.20 Å². The zero-order valence-corrected chi connectivity index (χ0v) is 10.9. The molecular formula is C12H18BrNO. The molecule has 0 fully saturated rings. The summed E-state index contributed by atoms with van der Waals surface area (Å²) in [6.45, 7) is 4.50. The van der Waals surface area contributed by atoms with Crippen molar-refractivity contribution >= 4 is 15.9 Å². The number of aromatic nitrogens is 1. The number of halogens is 1. The Hall–Kier alpha value is -0.410. The third-order valence-corrected chi connectivity index (χ3v) is 3.61. The Morgan fingerprint density at radius 3 is 2.47 bits per heavy atom. The van der Waals surface area contributed by atoms with Gasteiger partial charge in [-0.15, -0.1) is 0 Å². The number of hydrogen-bond acceptors (Lipinski definition) is 2. The van der Waals surface area contributed by atoms with Gasteiger partial charge < -0.3 is 5.11 Å². The van der Waals surface area contributed by atoms with Crippen molar-refractivity contribution in [1.29, 1.82) is 0 Å². The van der Waals surface area contributed by atoms with E-state index in [4.69, 9.17) is 0 Å². The van der Waals surface area contributed by atoms with Crippen LogP contribution in [0.3, 0.4) is 0 Å². The molecule has 0 saturated heterocycles. The van der Waals surface area contributed by atoms with Crippen LogP contribution in [0.5, 0.6) is 0 Å². The average Bonchev–Trinajstić information content (AvgIpc) is 2.26. The van der Waals surface area contributed by atoms with Gasteiger partial charge >= 0.3 is 0 Å². The number of aliphatic hydroxyl groups is 1. The van der Waals surface area contributed by atoms with E-state index in [0.717, 1.165) is 23.7 Å². The quantitative estimate of drug-likeness (QED) is 0.893. The normalized spacial score (nSPS) is 11.7. The van der Waals surface area contributed by atoms with E-state index in [-0.39, 0.29) is 12.0 Å². The molecule has 0 saturated carbocycles. The van der Waals surface area contributed by atoms with Crippen LogP contribution in [-0.2, 0) is 6.42 Å². The van der Waals surface area contributed by atoms with Gasteiger partial charge in [-0.2, -0.15) is 0 Å². The summed E-state index contributed by atoms with van der Waals surface area (Å²) in [4.78, 5) is 4.14. The first-order valence-corrected chi connectivity index (χ1v) is 6.15. The van der Waals surface area contributed by atoms with Crippen LogP contribution in [0.1, 0.15) is 32.3 Å². The van der Waals surface area contributed by atoms with Crippen molar-refractivity contribution < 1.29 is 5.11 Å². The van der Waals surface area contributed by atoms with Crippen molar-refractivity contribution in [3.05, 3.63) is 28.5 Å². The monoisotopic (exact) mass is 271 g/mol. The Labute approximate surface area is 99.9 Å². The highest BCUT2D eigenvalue weighted by molar-refractivity contribution is 9.10. The largest absolute Gasteiger partial charge is 0.396 e. The first kappa shape index (κ1) is 12.7. The minimum Gasteiger partial charge on any atom is -0.396 e. The lowest BCUT2D eigenvalue weighted by atomic mass is 9.78. The molecule has 15 heavy (non-hydrogen) atoms. The Morgan fingerprint density at radius 1 is 1.33 bits per heavy atom. The van der Waals surface area contributed by atoms with E-state index >= 15 is 0 Å². The van der Waals surface area contributed by atoms with Gasteiger partial charge in [-0.25, -0.2) is 0 Å². The molecule has 0 amide bonds. The molecular weight excluding hydrogens is 254 g/mol. The molecule has 2 nitrogen and oxygen atoms in total. The molecule has 0 aliphatic heterocycles. The highest BCUT2D eigenvalue weighted by Gasteiger charge is 2.25. The maximum absolute atomic E-state index is 9.48. The van der Waals surface area contributed by atoms with Gasteiger partial charge in [0.25, 0.3) is 0 Å². The van der Waals surface area contributed by atoms with Crippen LogP contribution in [-0.4, -0.2) is 16.7 Å². The van der Waals surface area contributed by atoms with E-state index in [1.165, 1.54) is 5.56 Å². The van der Waals surface area contributed by atoms with Crippen molar-refractivity contribution in [3.8, 4) is 0 Å². The van der Waals surface area contributed by atoms with Crippen molar-refractivity contribution in [1.82, 2.24) is 4.98 Å². The first-order valence-electron chi connectivity index (χ1n) is 5.36. The molecule has 0 atom stereocenters. The summed E-state index contributed by atoms with van der Waals surface area (Å²) < 4.78 is 0.999. The van der Waals surface area contributed by atoms with E-state index in [2.05, 4.69) is 40.8 Å². The number of aliphatic hydroxyl groups excluding tert-OH is 1. The second-order valence-electron chi connectivity index (χ2n) is 4.05. The fraction of sp³-hybridized carbons (Fsp3) is 0.583. The van der Waals surface area contributed by atoms with E-state index in [0.29, 0.717) is 0 Å². The van der Waals surface area contributed by atoms with Gasteiger partial charge in [-0.1, -0.05) is 13.8 Å². The summed E-state index contributed by atoms with van der Waals surface area (Å²) >= 11 is 3.41. The lowest BCUT2D eigenvalue weighted by molar-refractivity contribution is 0.115. The van der Waals surface area contributed by atoms with Gasteiger partial charge in [0.05, 0.1) is 0 Å². The van der Waals surface area contributed by atoms with Crippen LogP contribution in [0, 0.1) is 5.41 Å². The van der Waals surface area contributed by atoms with Gasteiger partial charge in [0.15, 0.2) is 0 Å². The van der Waals surface area contributed by atoms with Crippen LogP contribution in [0.15, 0.2) is 22.9 Å². The molecule has 0 aromatic carbocycles. The predicted octanol–water partition coefficient (Wildman–Crippen LogP) is 3.19. The Kier molecular flexibility index (Phi) is 4.74. The topological polar surface area (TPSA) is 33.1 Å². The maximum atomic E-state index is 9.48. The minimum absolute atomic E-state index is 0.0163. The molecule has 3 heteroatoms. The molecule has 0 aliphatic carbocycles. The maximum Gasteiger partial charge on any atom is 0.0490 e. The number of nitrogens with zero attached hydrogens (tertiary/aromatic N) is 1. The fourth-order valence-electron chi connectivity index (χ4n) is 1.77. The number of pyridine rings is 1.